The maximum Gasteiger partial charge on any atom is 0.160 e. The zero-order chi connectivity index (χ0) is 16.9. The molecule has 3 aromatic rings. The molecule has 0 spiro atoms. The van der Waals surface area contributed by atoms with Crippen LogP contribution in [0.3, 0.4) is 0 Å². The van der Waals surface area contributed by atoms with E-state index < -0.39 is 0 Å². The summed E-state index contributed by atoms with van der Waals surface area (Å²) in [6.07, 6.45) is 6.75. The average Bonchev–Trinajstić information content (AvgIpc) is 3.21. The molecule has 0 aliphatic heterocycles. The van der Waals surface area contributed by atoms with Crippen LogP contribution in [-0.4, -0.2) is 16.1 Å². The van der Waals surface area contributed by atoms with Gasteiger partial charge in [0.05, 0.1) is 22.0 Å². The molecule has 0 bridgehead atoms. The Morgan fingerprint density at radius 3 is 2.62 bits per heavy atom. The molecule has 0 atom stereocenters. The third-order valence-electron chi connectivity index (χ3n) is 3.71. The summed E-state index contributed by atoms with van der Waals surface area (Å²) in [4.78, 5) is 12.7. The lowest BCUT2D eigenvalue weighted by Gasteiger charge is -2.05. The highest BCUT2D eigenvalue weighted by molar-refractivity contribution is 7.17. The van der Waals surface area contributed by atoms with Crippen LogP contribution in [-0.2, 0) is 6.54 Å². The molecule has 4 heteroatoms. The van der Waals surface area contributed by atoms with Gasteiger partial charge >= 0.3 is 0 Å². The smallest absolute Gasteiger partial charge is 0.160 e. The summed E-state index contributed by atoms with van der Waals surface area (Å²) < 4.78 is 1.99. The van der Waals surface area contributed by atoms with E-state index in [1.807, 2.05) is 60.2 Å². The quantitative estimate of drug-likeness (QED) is 0.584. The monoisotopic (exact) mass is 334 g/mol. The van der Waals surface area contributed by atoms with E-state index in [1.54, 1.807) is 0 Å². The van der Waals surface area contributed by atoms with E-state index in [-0.39, 0.29) is 0 Å². The van der Waals surface area contributed by atoms with Crippen molar-refractivity contribution in [2.75, 3.05) is 0 Å². The maximum absolute atomic E-state index is 11.0. The molecule has 0 saturated heterocycles. The van der Waals surface area contributed by atoms with Crippen molar-refractivity contribution in [1.82, 2.24) is 9.78 Å². The minimum absolute atomic E-state index is 0.688. The van der Waals surface area contributed by atoms with Gasteiger partial charge in [0.2, 0.25) is 0 Å². The number of hydrogen-bond donors (Lipinski definition) is 0. The number of hydrogen-bond acceptors (Lipinski definition) is 3. The van der Waals surface area contributed by atoms with Gasteiger partial charge in [-0.25, -0.2) is 0 Å². The molecule has 0 amide bonds. The van der Waals surface area contributed by atoms with E-state index in [4.69, 9.17) is 5.10 Å². The van der Waals surface area contributed by atoms with Gasteiger partial charge < -0.3 is 0 Å². The molecule has 3 rings (SSSR count). The first-order valence-corrected chi connectivity index (χ1v) is 8.53. The van der Waals surface area contributed by atoms with Crippen molar-refractivity contribution in [3.8, 4) is 10.6 Å². The standard InChI is InChI=1S/C20H18N2OS/c1-3-8-18-17(4-2)20(19-12-11-16(14-23)24-19)21-22(18)13-15-9-6-5-7-10-15/h3-12,14H,2,13H2,1H3/b8-3-. The first-order chi connectivity index (χ1) is 11.8. The number of thiophene rings is 1. The van der Waals surface area contributed by atoms with E-state index in [1.165, 1.54) is 16.9 Å². The number of allylic oxidation sites excluding steroid dienone is 1. The minimum atomic E-state index is 0.688. The van der Waals surface area contributed by atoms with Gasteiger partial charge in [0.15, 0.2) is 6.29 Å². The Bertz CT molecular complexity index is 888. The van der Waals surface area contributed by atoms with Crippen molar-refractivity contribution in [1.29, 1.82) is 0 Å². The Kier molecular flexibility index (Phi) is 4.87. The minimum Gasteiger partial charge on any atom is -0.297 e. The normalized spacial score (nSPS) is 11.0. The molecule has 24 heavy (non-hydrogen) atoms. The Hall–Kier alpha value is -2.72. The van der Waals surface area contributed by atoms with Crippen molar-refractivity contribution in [2.45, 2.75) is 13.5 Å². The summed E-state index contributed by atoms with van der Waals surface area (Å²) in [6, 6.07) is 14.0. The fourth-order valence-electron chi connectivity index (χ4n) is 2.63. The number of nitrogens with zero attached hydrogens (tertiary/aromatic N) is 2. The van der Waals surface area contributed by atoms with Crippen molar-refractivity contribution in [3.63, 3.8) is 0 Å². The Labute approximate surface area is 145 Å². The van der Waals surface area contributed by atoms with Gasteiger partial charge in [-0.05, 0) is 30.7 Å². The highest BCUT2D eigenvalue weighted by Crippen LogP contribution is 2.32. The highest BCUT2D eigenvalue weighted by atomic mass is 32.1. The second-order valence-electron chi connectivity index (χ2n) is 5.31. The second kappa shape index (κ2) is 7.23. The van der Waals surface area contributed by atoms with E-state index in [0.29, 0.717) is 11.4 Å². The summed E-state index contributed by atoms with van der Waals surface area (Å²) in [7, 11) is 0. The molecule has 1 aromatic carbocycles. The van der Waals surface area contributed by atoms with Crippen molar-refractivity contribution in [2.24, 2.45) is 0 Å². The van der Waals surface area contributed by atoms with E-state index in [9.17, 15) is 4.79 Å². The van der Waals surface area contributed by atoms with Crippen LogP contribution >= 0.6 is 11.3 Å². The van der Waals surface area contributed by atoms with Crippen LogP contribution in [0.2, 0.25) is 0 Å². The van der Waals surface area contributed by atoms with Gasteiger partial charge in [0.1, 0.15) is 5.69 Å². The van der Waals surface area contributed by atoms with Crippen LogP contribution in [0, 0.1) is 0 Å². The zero-order valence-corrected chi connectivity index (χ0v) is 14.3. The molecule has 0 saturated carbocycles. The summed E-state index contributed by atoms with van der Waals surface area (Å²) in [5, 5.41) is 4.80. The van der Waals surface area contributed by atoms with Crippen molar-refractivity contribution < 1.29 is 4.79 Å². The van der Waals surface area contributed by atoms with Crippen LogP contribution in [0.1, 0.15) is 33.4 Å². The SMILES string of the molecule is C=Cc1c(-c2ccc(C=O)s2)nn(Cc2ccccc2)c1/C=C\C. The zero-order valence-electron chi connectivity index (χ0n) is 13.5. The van der Waals surface area contributed by atoms with E-state index in [2.05, 4.69) is 18.7 Å². The molecule has 2 aromatic heterocycles. The van der Waals surface area contributed by atoms with Gasteiger partial charge in [0, 0.05) is 5.56 Å². The molecule has 0 aliphatic rings. The lowest BCUT2D eigenvalue weighted by Crippen LogP contribution is -2.04. The van der Waals surface area contributed by atoms with Crippen molar-refractivity contribution in [3.05, 3.63) is 76.8 Å². The first-order valence-electron chi connectivity index (χ1n) is 7.72. The molecule has 0 aliphatic carbocycles. The van der Waals surface area contributed by atoms with E-state index >= 15 is 0 Å². The van der Waals surface area contributed by atoms with Gasteiger partial charge in [-0.15, -0.1) is 11.3 Å². The van der Waals surface area contributed by atoms with E-state index in [0.717, 1.165) is 28.1 Å². The lowest BCUT2D eigenvalue weighted by molar-refractivity contribution is 0.112. The summed E-state index contributed by atoms with van der Waals surface area (Å²) >= 11 is 1.45. The van der Waals surface area contributed by atoms with Crippen LogP contribution in [0.5, 0.6) is 0 Å². The Morgan fingerprint density at radius 1 is 1.21 bits per heavy atom. The third kappa shape index (κ3) is 3.14. The number of benzene rings is 1. The Morgan fingerprint density at radius 2 is 2.00 bits per heavy atom. The molecule has 0 fully saturated rings. The summed E-state index contributed by atoms with van der Waals surface area (Å²) in [5.74, 6) is 0. The number of carbonyl (C=O) groups excluding carboxylic acids is 1. The molecule has 0 radical (unpaired) electrons. The molecule has 3 nitrogen and oxygen atoms in total. The number of carbonyl (C=O) groups is 1. The topological polar surface area (TPSA) is 34.9 Å². The number of aldehydes is 1. The molecular formula is C20H18N2OS. The fraction of sp³-hybridized carbons (Fsp3) is 0.100. The average molecular weight is 334 g/mol. The van der Waals surface area contributed by atoms with Crippen molar-refractivity contribution >= 4 is 29.8 Å². The molecular weight excluding hydrogens is 316 g/mol. The molecule has 0 unspecified atom stereocenters. The largest absolute Gasteiger partial charge is 0.297 e. The lowest BCUT2D eigenvalue weighted by atomic mass is 10.1. The number of rotatable bonds is 6. The number of aromatic nitrogens is 2. The van der Waals surface area contributed by atoms with Crippen LogP contribution in [0.4, 0.5) is 0 Å². The van der Waals surface area contributed by atoms with Crippen LogP contribution in [0.15, 0.2) is 55.1 Å². The third-order valence-corrected chi connectivity index (χ3v) is 4.73. The highest BCUT2D eigenvalue weighted by Gasteiger charge is 2.17. The fourth-order valence-corrected chi connectivity index (χ4v) is 3.45. The predicted molar refractivity (Wildman–Crippen MR) is 101 cm³/mol. The van der Waals surface area contributed by atoms with Gasteiger partial charge in [-0.3, -0.25) is 9.48 Å². The molecule has 2 heterocycles. The van der Waals surface area contributed by atoms with Crippen LogP contribution in [0.25, 0.3) is 22.7 Å². The van der Waals surface area contributed by atoms with Crippen LogP contribution < -0.4 is 0 Å². The van der Waals surface area contributed by atoms with Gasteiger partial charge in [-0.2, -0.15) is 5.10 Å². The maximum atomic E-state index is 11.0. The molecule has 0 N–H and O–H groups in total. The second-order valence-corrected chi connectivity index (χ2v) is 6.43. The first kappa shape index (κ1) is 16.1. The van der Waals surface area contributed by atoms with Gasteiger partial charge in [0.25, 0.3) is 0 Å². The molecule has 120 valence electrons. The Balaban J connectivity index is 2.11. The summed E-state index contributed by atoms with van der Waals surface area (Å²) in [5.41, 5.74) is 4.07. The predicted octanol–water partition coefficient (Wildman–Crippen LogP) is 5.15. The summed E-state index contributed by atoms with van der Waals surface area (Å²) in [6.45, 7) is 6.63. The van der Waals surface area contributed by atoms with Gasteiger partial charge in [-0.1, -0.05) is 49.1 Å².